The third-order valence-electron chi connectivity index (χ3n) is 3.98. The number of Topliss-reactive ketones (excluding diaryl/α,β-unsaturated/α-hetero) is 1. The number of ketones is 1. The van der Waals surface area contributed by atoms with Crippen LogP contribution in [0.5, 0.6) is 0 Å². The molecule has 0 aromatic heterocycles. The normalized spacial score (nSPS) is 19.2. The molecular formula is C16H23NO. The molecule has 1 atom stereocenters. The fourth-order valence-corrected chi connectivity index (χ4v) is 2.82. The van der Waals surface area contributed by atoms with Gasteiger partial charge < -0.3 is 4.90 Å². The van der Waals surface area contributed by atoms with Crippen molar-refractivity contribution >= 4 is 11.5 Å². The molecule has 2 heteroatoms. The minimum absolute atomic E-state index is 0.282. The van der Waals surface area contributed by atoms with Crippen molar-refractivity contribution in [2.75, 3.05) is 18.0 Å². The number of carbonyl (C=O) groups excluding carboxylic acids is 1. The number of benzene rings is 1. The summed E-state index contributed by atoms with van der Waals surface area (Å²) in [5, 5.41) is 0. The van der Waals surface area contributed by atoms with Gasteiger partial charge in [-0.3, -0.25) is 4.79 Å². The van der Waals surface area contributed by atoms with Gasteiger partial charge in [-0.1, -0.05) is 12.1 Å². The van der Waals surface area contributed by atoms with Crippen molar-refractivity contribution < 1.29 is 4.79 Å². The van der Waals surface area contributed by atoms with E-state index in [4.69, 9.17) is 0 Å². The Morgan fingerprint density at radius 3 is 2.33 bits per heavy atom. The average Bonchev–Trinajstić information content (AvgIpc) is 2.79. The van der Waals surface area contributed by atoms with E-state index in [1.54, 1.807) is 0 Å². The molecule has 0 aliphatic heterocycles. The van der Waals surface area contributed by atoms with Crippen LogP contribution in [0.4, 0.5) is 5.69 Å². The van der Waals surface area contributed by atoms with Crippen LogP contribution in [0.25, 0.3) is 0 Å². The molecule has 98 valence electrons. The van der Waals surface area contributed by atoms with Crippen molar-refractivity contribution in [2.45, 2.75) is 39.5 Å². The van der Waals surface area contributed by atoms with E-state index in [0.717, 1.165) is 38.8 Å². The SMILES string of the molecule is CCN(CC)c1ccc(CC2CCCC2=O)cc1. The van der Waals surface area contributed by atoms with Gasteiger partial charge in [0.2, 0.25) is 0 Å². The Kier molecular flexibility index (Phi) is 4.40. The summed E-state index contributed by atoms with van der Waals surface area (Å²) in [5.41, 5.74) is 2.58. The van der Waals surface area contributed by atoms with Crippen LogP contribution in [-0.4, -0.2) is 18.9 Å². The number of hydrogen-bond donors (Lipinski definition) is 0. The van der Waals surface area contributed by atoms with E-state index in [1.807, 2.05) is 0 Å². The van der Waals surface area contributed by atoms with Crippen molar-refractivity contribution in [1.29, 1.82) is 0 Å². The van der Waals surface area contributed by atoms with Gasteiger partial charge in [0.1, 0.15) is 5.78 Å². The molecule has 1 unspecified atom stereocenters. The number of hydrogen-bond acceptors (Lipinski definition) is 2. The van der Waals surface area contributed by atoms with Gasteiger partial charge in [0.15, 0.2) is 0 Å². The van der Waals surface area contributed by atoms with Gasteiger partial charge in [0, 0.05) is 31.1 Å². The quantitative estimate of drug-likeness (QED) is 0.792. The lowest BCUT2D eigenvalue weighted by atomic mass is 9.97. The number of rotatable bonds is 5. The van der Waals surface area contributed by atoms with E-state index >= 15 is 0 Å². The van der Waals surface area contributed by atoms with E-state index in [0.29, 0.717) is 5.78 Å². The van der Waals surface area contributed by atoms with E-state index < -0.39 is 0 Å². The van der Waals surface area contributed by atoms with E-state index in [1.165, 1.54) is 11.3 Å². The third kappa shape index (κ3) is 2.92. The Morgan fingerprint density at radius 1 is 1.17 bits per heavy atom. The van der Waals surface area contributed by atoms with Crippen molar-refractivity contribution in [1.82, 2.24) is 0 Å². The van der Waals surface area contributed by atoms with E-state index in [-0.39, 0.29) is 5.92 Å². The van der Waals surface area contributed by atoms with Crippen LogP contribution in [0.2, 0.25) is 0 Å². The number of carbonyl (C=O) groups is 1. The Labute approximate surface area is 110 Å². The smallest absolute Gasteiger partial charge is 0.136 e. The summed E-state index contributed by atoms with van der Waals surface area (Å²) in [7, 11) is 0. The molecule has 0 N–H and O–H groups in total. The van der Waals surface area contributed by atoms with Gasteiger partial charge in [-0.15, -0.1) is 0 Å². The molecule has 0 bridgehead atoms. The second-order valence-electron chi connectivity index (χ2n) is 5.10. The first-order valence-corrected chi connectivity index (χ1v) is 7.11. The van der Waals surface area contributed by atoms with Crippen LogP contribution in [0.15, 0.2) is 24.3 Å². The maximum atomic E-state index is 11.6. The molecule has 0 spiro atoms. The van der Waals surface area contributed by atoms with Crippen molar-refractivity contribution in [2.24, 2.45) is 5.92 Å². The summed E-state index contributed by atoms with van der Waals surface area (Å²) in [4.78, 5) is 14.0. The highest BCUT2D eigenvalue weighted by atomic mass is 16.1. The molecule has 0 saturated heterocycles. The highest BCUT2D eigenvalue weighted by Gasteiger charge is 2.24. The number of anilines is 1. The first-order chi connectivity index (χ1) is 8.74. The molecule has 2 nitrogen and oxygen atoms in total. The highest BCUT2D eigenvalue weighted by molar-refractivity contribution is 5.83. The van der Waals surface area contributed by atoms with Crippen LogP contribution in [0, 0.1) is 5.92 Å². The van der Waals surface area contributed by atoms with Crippen LogP contribution >= 0.6 is 0 Å². The maximum Gasteiger partial charge on any atom is 0.136 e. The van der Waals surface area contributed by atoms with Gasteiger partial charge in [0.05, 0.1) is 0 Å². The van der Waals surface area contributed by atoms with Crippen LogP contribution < -0.4 is 4.90 Å². The Bertz CT molecular complexity index is 392. The first-order valence-electron chi connectivity index (χ1n) is 7.11. The second-order valence-corrected chi connectivity index (χ2v) is 5.10. The lowest BCUT2D eigenvalue weighted by molar-refractivity contribution is -0.120. The summed E-state index contributed by atoms with van der Waals surface area (Å²) in [6.45, 7) is 6.43. The predicted molar refractivity (Wildman–Crippen MR) is 76.1 cm³/mol. The summed E-state index contributed by atoms with van der Waals surface area (Å²) in [6.07, 6.45) is 3.89. The van der Waals surface area contributed by atoms with Crippen LogP contribution in [0.1, 0.15) is 38.7 Å². The third-order valence-corrected chi connectivity index (χ3v) is 3.98. The second kappa shape index (κ2) is 6.03. The minimum Gasteiger partial charge on any atom is -0.372 e. The molecular weight excluding hydrogens is 222 g/mol. The van der Waals surface area contributed by atoms with E-state index in [2.05, 4.69) is 43.0 Å². The topological polar surface area (TPSA) is 20.3 Å². The number of nitrogens with zero attached hydrogens (tertiary/aromatic N) is 1. The molecule has 0 radical (unpaired) electrons. The van der Waals surface area contributed by atoms with Gasteiger partial charge in [0.25, 0.3) is 0 Å². The molecule has 2 rings (SSSR count). The largest absolute Gasteiger partial charge is 0.372 e. The Balaban J connectivity index is 2.01. The summed E-state index contributed by atoms with van der Waals surface area (Å²) >= 11 is 0. The maximum absolute atomic E-state index is 11.6. The fraction of sp³-hybridized carbons (Fsp3) is 0.562. The van der Waals surface area contributed by atoms with Crippen molar-refractivity contribution in [3.63, 3.8) is 0 Å². The molecule has 0 heterocycles. The zero-order valence-corrected chi connectivity index (χ0v) is 11.5. The molecule has 1 aromatic rings. The molecule has 1 aliphatic carbocycles. The summed E-state index contributed by atoms with van der Waals surface area (Å²) < 4.78 is 0. The summed E-state index contributed by atoms with van der Waals surface area (Å²) in [5.74, 6) is 0.743. The fourth-order valence-electron chi connectivity index (χ4n) is 2.82. The molecule has 0 amide bonds. The van der Waals surface area contributed by atoms with Gasteiger partial charge in [-0.2, -0.15) is 0 Å². The first kappa shape index (κ1) is 13.1. The van der Waals surface area contributed by atoms with Gasteiger partial charge in [-0.05, 0) is 50.8 Å². The average molecular weight is 245 g/mol. The Hall–Kier alpha value is -1.31. The lowest BCUT2D eigenvalue weighted by Crippen LogP contribution is -2.21. The van der Waals surface area contributed by atoms with Crippen molar-refractivity contribution in [3.8, 4) is 0 Å². The monoisotopic (exact) mass is 245 g/mol. The van der Waals surface area contributed by atoms with E-state index in [9.17, 15) is 4.79 Å². The highest BCUT2D eigenvalue weighted by Crippen LogP contribution is 2.25. The van der Waals surface area contributed by atoms with Gasteiger partial charge >= 0.3 is 0 Å². The minimum atomic E-state index is 0.282. The zero-order chi connectivity index (χ0) is 13.0. The molecule has 1 aromatic carbocycles. The molecule has 1 aliphatic rings. The van der Waals surface area contributed by atoms with Crippen LogP contribution in [-0.2, 0) is 11.2 Å². The molecule has 18 heavy (non-hydrogen) atoms. The molecule has 1 fully saturated rings. The standard InChI is InChI=1S/C16H23NO/c1-3-17(4-2)15-10-8-13(9-11-15)12-14-6-5-7-16(14)18/h8-11,14H,3-7,12H2,1-2H3. The van der Waals surface area contributed by atoms with Crippen LogP contribution in [0.3, 0.4) is 0 Å². The zero-order valence-electron chi connectivity index (χ0n) is 11.5. The van der Waals surface area contributed by atoms with Gasteiger partial charge in [-0.25, -0.2) is 0 Å². The summed E-state index contributed by atoms with van der Waals surface area (Å²) in [6, 6.07) is 8.72. The molecule has 1 saturated carbocycles. The Morgan fingerprint density at radius 2 is 1.83 bits per heavy atom. The lowest BCUT2D eigenvalue weighted by Gasteiger charge is -2.21. The van der Waals surface area contributed by atoms with Crippen molar-refractivity contribution in [3.05, 3.63) is 29.8 Å². The predicted octanol–water partition coefficient (Wildman–Crippen LogP) is 3.44.